The van der Waals surface area contributed by atoms with Crippen molar-refractivity contribution >= 4 is 5.91 Å². The molecule has 22 heavy (non-hydrogen) atoms. The van der Waals surface area contributed by atoms with Crippen molar-refractivity contribution in [3.8, 4) is 0 Å². The number of rotatable bonds is 2. The Labute approximate surface area is 132 Å². The Bertz CT molecular complexity index is 508. The number of hydrogen-bond donors (Lipinski definition) is 0. The van der Waals surface area contributed by atoms with E-state index in [9.17, 15) is 9.18 Å². The Morgan fingerprint density at radius 2 is 1.77 bits per heavy atom. The molecule has 2 atom stereocenters. The molecule has 1 saturated carbocycles. The monoisotopic (exact) mass is 304 g/mol. The zero-order valence-corrected chi connectivity index (χ0v) is 13.3. The maximum Gasteiger partial charge on any atom is 0.253 e. The van der Waals surface area contributed by atoms with E-state index in [1.54, 1.807) is 12.1 Å². The minimum Gasteiger partial charge on any atom is -0.336 e. The first-order valence-electron chi connectivity index (χ1n) is 8.42. The highest BCUT2D eigenvalue weighted by Crippen LogP contribution is 2.28. The molecule has 1 aromatic carbocycles. The van der Waals surface area contributed by atoms with E-state index < -0.39 is 0 Å². The quantitative estimate of drug-likeness (QED) is 0.838. The average Bonchev–Trinajstić information content (AvgIpc) is 2.55. The van der Waals surface area contributed by atoms with E-state index in [-0.39, 0.29) is 11.7 Å². The molecule has 1 aromatic rings. The highest BCUT2D eigenvalue weighted by Gasteiger charge is 2.29. The Balaban J connectivity index is 1.55. The fourth-order valence-corrected chi connectivity index (χ4v) is 3.80. The predicted molar refractivity (Wildman–Crippen MR) is 85.3 cm³/mol. The summed E-state index contributed by atoms with van der Waals surface area (Å²) in [5, 5.41) is 0. The number of halogens is 1. The van der Waals surface area contributed by atoms with Crippen LogP contribution >= 0.6 is 0 Å². The Morgan fingerprint density at radius 3 is 2.41 bits per heavy atom. The van der Waals surface area contributed by atoms with E-state index in [0.717, 1.165) is 32.1 Å². The molecule has 1 heterocycles. The van der Waals surface area contributed by atoms with Gasteiger partial charge >= 0.3 is 0 Å². The van der Waals surface area contributed by atoms with Crippen LogP contribution in [0.5, 0.6) is 0 Å². The number of nitrogens with zero attached hydrogens (tertiary/aromatic N) is 2. The maximum atomic E-state index is 12.9. The van der Waals surface area contributed by atoms with Gasteiger partial charge in [-0.15, -0.1) is 0 Å². The molecule has 120 valence electrons. The molecule has 1 amide bonds. The molecule has 1 aliphatic carbocycles. The van der Waals surface area contributed by atoms with Crippen LogP contribution in [0.15, 0.2) is 24.3 Å². The number of hydrogen-bond acceptors (Lipinski definition) is 2. The molecule has 0 spiro atoms. The van der Waals surface area contributed by atoms with Crippen LogP contribution in [-0.2, 0) is 0 Å². The van der Waals surface area contributed by atoms with Gasteiger partial charge in [0.1, 0.15) is 5.82 Å². The predicted octanol–water partition coefficient (Wildman–Crippen LogP) is 3.16. The minimum atomic E-state index is -0.298. The summed E-state index contributed by atoms with van der Waals surface area (Å²) < 4.78 is 12.9. The smallest absolute Gasteiger partial charge is 0.253 e. The van der Waals surface area contributed by atoms with Gasteiger partial charge in [0.15, 0.2) is 0 Å². The number of piperazine rings is 1. The van der Waals surface area contributed by atoms with Gasteiger partial charge < -0.3 is 4.90 Å². The fraction of sp³-hybridized carbons (Fsp3) is 0.611. The molecule has 0 bridgehead atoms. The first-order valence-corrected chi connectivity index (χ1v) is 8.42. The maximum absolute atomic E-state index is 12.9. The van der Waals surface area contributed by atoms with Crippen molar-refractivity contribution in [2.45, 2.75) is 38.6 Å². The van der Waals surface area contributed by atoms with Crippen LogP contribution in [-0.4, -0.2) is 47.9 Å². The first-order chi connectivity index (χ1) is 10.6. The summed E-state index contributed by atoms with van der Waals surface area (Å²) in [6.45, 7) is 5.83. The van der Waals surface area contributed by atoms with Crippen LogP contribution in [0.4, 0.5) is 4.39 Å². The van der Waals surface area contributed by atoms with E-state index >= 15 is 0 Å². The fourth-order valence-electron chi connectivity index (χ4n) is 3.80. The lowest BCUT2D eigenvalue weighted by Gasteiger charge is -2.42. The van der Waals surface area contributed by atoms with Crippen molar-refractivity contribution in [2.24, 2.45) is 5.92 Å². The molecular formula is C18H25FN2O. The molecule has 0 radical (unpaired) electrons. The van der Waals surface area contributed by atoms with Crippen LogP contribution in [0.3, 0.4) is 0 Å². The van der Waals surface area contributed by atoms with E-state index in [1.807, 2.05) is 4.90 Å². The zero-order chi connectivity index (χ0) is 15.5. The second-order valence-corrected chi connectivity index (χ2v) is 6.76. The topological polar surface area (TPSA) is 23.6 Å². The van der Waals surface area contributed by atoms with Gasteiger partial charge in [0.05, 0.1) is 0 Å². The molecule has 3 nitrogen and oxygen atoms in total. The number of carbonyl (C=O) groups is 1. The van der Waals surface area contributed by atoms with Crippen LogP contribution in [0, 0.1) is 11.7 Å². The summed E-state index contributed by atoms with van der Waals surface area (Å²) in [5.41, 5.74) is 0.584. The minimum absolute atomic E-state index is 0.0247. The van der Waals surface area contributed by atoms with Gasteiger partial charge in [0, 0.05) is 37.8 Å². The normalized spacial score (nSPS) is 26.9. The molecule has 1 aliphatic heterocycles. The van der Waals surface area contributed by atoms with E-state index in [2.05, 4.69) is 11.8 Å². The third kappa shape index (κ3) is 3.49. The van der Waals surface area contributed by atoms with Crippen molar-refractivity contribution < 1.29 is 9.18 Å². The first kappa shape index (κ1) is 15.5. The molecule has 4 heteroatoms. The molecule has 2 fully saturated rings. The van der Waals surface area contributed by atoms with Crippen LogP contribution < -0.4 is 0 Å². The van der Waals surface area contributed by atoms with Gasteiger partial charge in [-0.3, -0.25) is 9.69 Å². The van der Waals surface area contributed by atoms with Crippen molar-refractivity contribution in [3.63, 3.8) is 0 Å². The highest BCUT2D eigenvalue weighted by molar-refractivity contribution is 5.94. The van der Waals surface area contributed by atoms with Gasteiger partial charge in [-0.2, -0.15) is 0 Å². The second kappa shape index (κ2) is 6.78. The average molecular weight is 304 g/mol. The summed E-state index contributed by atoms with van der Waals surface area (Å²) in [6, 6.07) is 6.56. The summed E-state index contributed by atoms with van der Waals surface area (Å²) in [4.78, 5) is 16.9. The van der Waals surface area contributed by atoms with Gasteiger partial charge in [-0.25, -0.2) is 4.39 Å². The van der Waals surface area contributed by atoms with E-state index in [1.165, 1.54) is 37.8 Å². The van der Waals surface area contributed by atoms with E-state index in [0.29, 0.717) is 11.6 Å². The number of amides is 1. The van der Waals surface area contributed by atoms with Crippen molar-refractivity contribution in [1.29, 1.82) is 0 Å². The number of carbonyl (C=O) groups excluding carboxylic acids is 1. The van der Waals surface area contributed by atoms with E-state index in [4.69, 9.17) is 0 Å². The summed E-state index contributed by atoms with van der Waals surface area (Å²) in [6.07, 6.45) is 5.29. The lowest BCUT2D eigenvalue weighted by atomic mass is 9.86. The molecule has 0 aromatic heterocycles. The molecule has 2 aliphatic rings. The van der Waals surface area contributed by atoms with Gasteiger partial charge in [-0.05, 0) is 43.0 Å². The highest BCUT2D eigenvalue weighted by atomic mass is 19.1. The lowest BCUT2D eigenvalue weighted by Crippen LogP contribution is -2.52. The van der Waals surface area contributed by atoms with Gasteiger partial charge in [-0.1, -0.05) is 19.8 Å². The summed E-state index contributed by atoms with van der Waals surface area (Å²) in [5.74, 6) is 0.557. The molecule has 1 saturated heterocycles. The Morgan fingerprint density at radius 1 is 1.09 bits per heavy atom. The van der Waals surface area contributed by atoms with Gasteiger partial charge in [0.2, 0.25) is 0 Å². The van der Waals surface area contributed by atoms with Crippen LogP contribution in [0.25, 0.3) is 0 Å². The Hall–Kier alpha value is -1.42. The van der Waals surface area contributed by atoms with Gasteiger partial charge in [0.25, 0.3) is 5.91 Å². The van der Waals surface area contributed by atoms with Crippen LogP contribution in [0.2, 0.25) is 0 Å². The SMILES string of the molecule is C[C@@H]1CCC[C@@H](N2CCN(C(=O)c3ccc(F)cc3)CC2)C1. The standard InChI is InChI=1S/C18H25FN2O/c1-14-3-2-4-17(13-14)20-9-11-21(12-10-20)18(22)15-5-7-16(19)8-6-15/h5-8,14,17H,2-4,9-13H2,1H3/t14-,17-/m1/s1. The Kier molecular flexibility index (Phi) is 4.77. The largest absolute Gasteiger partial charge is 0.336 e. The third-order valence-electron chi connectivity index (χ3n) is 5.12. The molecular weight excluding hydrogens is 279 g/mol. The summed E-state index contributed by atoms with van der Waals surface area (Å²) >= 11 is 0. The lowest BCUT2D eigenvalue weighted by molar-refractivity contribution is 0.0489. The van der Waals surface area contributed by atoms with Crippen molar-refractivity contribution in [1.82, 2.24) is 9.80 Å². The second-order valence-electron chi connectivity index (χ2n) is 6.76. The molecule has 0 N–H and O–H groups in total. The molecule has 0 unspecified atom stereocenters. The number of benzene rings is 1. The van der Waals surface area contributed by atoms with Crippen molar-refractivity contribution in [2.75, 3.05) is 26.2 Å². The van der Waals surface area contributed by atoms with Crippen molar-refractivity contribution in [3.05, 3.63) is 35.6 Å². The summed E-state index contributed by atoms with van der Waals surface area (Å²) in [7, 11) is 0. The molecule has 3 rings (SSSR count). The van der Waals surface area contributed by atoms with Crippen LogP contribution in [0.1, 0.15) is 43.0 Å². The zero-order valence-electron chi connectivity index (χ0n) is 13.3. The third-order valence-corrected chi connectivity index (χ3v) is 5.12.